The number of hydrogen-bond donors (Lipinski definition) is 2. The first-order chi connectivity index (χ1) is 11.4. The number of carbonyl (C=O) groups is 1. The van der Waals surface area contributed by atoms with Crippen LogP contribution in [-0.2, 0) is 5.54 Å². The lowest BCUT2D eigenvalue weighted by Gasteiger charge is -2.39. The maximum atomic E-state index is 12.1. The first kappa shape index (κ1) is 15.8. The maximum absolute atomic E-state index is 12.1. The molecular formula is C19H18N4O. The molecule has 0 unspecified atom stereocenters. The minimum absolute atomic E-state index is 0.273. The number of rotatable bonds is 2. The molecule has 2 amide bonds. The van der Waals surface area contributed by atoms with Crippen LogP contribution in [0.25, 0.3) is 11.1 Å². The van der Waals surface area contributed by atoms with Crippen LogP contribution in [0, 0.1) is 16.7 Å². The van der Waals surface area contributed by atoms with Crippen LogP contribution in [0.4, 0.5) is 4.79 Å². The van der Waals surface area contributed by atoms with Crippen molar-refractivity contribution in [1.82, 2.24) is 10.2 Å². The Bertz CT molecular complexity index is 848. The summed E-state index contributed by atoms with van der Waals surface area (Å²) in [5.41, 5.74) is 2.86. The number of amidine groups is 1. The van der Waals surface area contributed by atoms with E-state index < -0.39 is 5.54 Å². The van der Waals surface area contributed by atoms with Crippen molar-refractivity contribution in [2.45, 2.75) is 18.9 Å². The van der Waals surface area contributed by atoms with E-state index in [9.17, 15) is 4.79 Å². The number of carbonyl (C=O) groups excluding carboxylic acids is 1. The number of urea groups is 1. The predicted octanol–water partition coefficient (Wildman–Crippen LogP) is 3.46. The standard InChI is InChI=1S/C19H18N4O/c1-19(11-17(21)23(2)18(24)22-19)16-8-4-7-15(10-16)14-6-3-5-13(9-14)12-20/h3-10,21H,11H2,1-2H3,(H,22,24)/t19-/m1/s1. The van der Waals surface area contributed by atoms with Crippen LogP contribution in [0.3, 0.4) is 0 Å². The van der Waals surface area contributed by atoms with Crippen molar-refractivity contribution in [3.8, 4) is 17.2 Å². The molecule has 0 aromatic heterocycles. The van der Waals surface area contributed by atoms with E-state index in [0.717, 1.165) is 16.7 Å². The first-order valence-corrected chi connectivity index (χ1v) is 7.67. The monoisotopic (exact) mass is 318 g/mol. The SMILES string of the molecule is CN1C(=N)C[C@](C)(c2cccc(-c3cccc(C#N)c3)c2)NC1=O. The smallest absolute Gasteiger partial charge is 0.323 e. The molecule has 3 rings (SSSR count). The summed E-state index contributed by atoms with van der Waals surface area (Å²) in [7, 11) is 1.60. The molecule has 2 N–H and O–H groups in total. The van der Waals surface area contributed by atoms with Crippen molar-refractivity contribution in [3.05, 3.63) is 59.7 Å². The highest BCUT2D eigenvalue weighted by Gasteiger charge is 2.37. The summed E-state index contributed by atoms with van der Waals surface area (Å²) in [6.45, 7) is 1.93. The zero-order valence-corrected chi connectivity index (χ0v) is 13.6. The zero-order chi connectivity index (χ0) is 17.3. The third-order valence-corrected chi connectivity index (χ3v) is 4.44. The molecule has 0 bridgehead atoms. The molecule has 5 heteroatoms. The van der Waals surface area contributed by atoms with Crippen LogP contribution < -0.4 is 5.32 Å². The Morgan fingerprint density at radius 3 is 2.54 bits per heavy atom. The number of benzene rings is 2. The summed E-state index contributed by atoms with van der Waals surface area (Å²) in [6.07, 6.45) is 0.428. The Morgan fingerprint density at radius 2 is 1.88 bits per heavy atom. The van der Waals surface area contributed by atoms with Crippen LogP contribution in [0.2, 0.25) is 0 Å². The van der Waals surface area contributed by atoms with Gasteiger partial charge in [0.25, 0.3) is 0 Å². The van der Waals surface area contributed by atoms with Crippen molar-refractivity contribution in [2.24, 2.45) is 0 Å². The number of nitrogens with one attached hydrogen (secondary N) is 2. The summed E-state index contributed by atoms with van der Waals surface area (Å²) in [4.78, 5) is 13.4. The molecule has 1 aliphatic heterocycles. The minimum Gasteiger partial charge on any atom is -0.328 e. The molecule has 120 valence electrons. The molecule has 2 aromatic carbocycles. The lowest BCUT2D eigenvalue weighted by atomic mass is 9.85. The third kappa shape index (κ3) is 2.74. The van der Waals surface area contributed by atoms with Gasteiger partial charge in [-0.05, 0) is 41.8 Å². The van der Waals surface area contributed by atoms with Crippen LogP contribution >= 0.6 is 0 Å². The molecule has 0 aliphatic carbocycles. The molecule has 24 heavy (non-hydrogen) atoms. The highest BCUT2D eigenvalue weighted by Crippen LogP contribution is 2.32. The Balaban J connectivity index is 2.00. The third-order valence-electron chi connectivity index (χ3n) is 4.44. The van der Waals surface area contributed by atoms with Gasteiger partial charge in [-0.3, -0.25) is 10.3 Å². The molecule has 1 saturated heterocycles. The van der Waals surface area contributed by atoms with Crippen molar-refractivity contribution >= 4 is 11.9 Å². The van der Waals surface area contributed by atoms with E-state index in [4.69, 9.17) is 10.7 Å². The van der Waals surface area contributed by atoms with E-state index in [1.165, 1.54) is 4.90 Å². The molecule has 2 aromatic rings. The second kappa shape index (κ2) is 5.82. The highest BCUT2D eigenvalue weighted by atomic mass is 16.2. The van der Waals surface area contributed by atoms with Gasteiger partial charge in [0.2, 0.25) is 0 Å². The molecule has 1 atom stereocenters. The number of hydrogen-bond acceptors (Lipinski definition) is 3. The van der Waals surface area contributed by atoms with Gasteiger partial charge in [0.05, 0.1) is 17.2 Å². The quantitative estimate of drug-likeness (QED) is 0.889. The fraction of sp³-hybridized carbons (Fsp3) is 0.211. The Morgan fingerprint density at radius 1 is 1.21 bits per heavy atom. The molecule has 1 heterocycles. The molecule has 1 aliphatic rings. The normalized spacial score (nSPS) is 20.5. The van der Waals surface area contributed by atoms with Gasteiger partial charge in [-0.25, -0.2) is 4.79 Å². The van der Waals surface area contributed by atoms with Gasteiger partial charge in [0.15, 0.2) is 0 Å². The van der Waals surface area contributed by atoms with Crippen LogP contribution in [0.1, 0.15) is 24.5 Å². The van der Waals surface area contributed by atoms with Crippen molar-refractivity contribution in [1.29, 1.82) is 10.7 Å². The maximum Gasteiger partial charge on any atom is 0.323 e. The second-order valence-corrected chi connectivity index (χ2v) is 6.22. The Labute approximate surface area is 141 Å². The minimum atomic E-state index is -0.622. The van der Waals surface area contributed by atoms with Gasteiger partial charge in [-0.1, -0.05) is 30.3 Å². The molecule has 1 fully saturated rings. The summed E-state index contributed by atoms with van der Waals surface area (Å²) in [6, 6.07) is 17.2. The number of amides is 2. The second-order valence-electron chi connectivity index (χ2n) is 6.22. The van der Waals surface area contributed by atoms with Crippen molar-refractivity contribution in [3.63, 3.8) is 0 Å². The fourth-order valence-electron chi connectivity index (χ4n) is 2.92. The fourth-order valence-corrected chi connectivity index (χ4v) is 2.92. The first-order valence-electron chi connectivity index (χ1n) is 7.67. The lowest BCUT2D eigenvalue weighted by molar-refractivity contribution is 0.202. The zero-order valence-electron chi connectivity index (χ0n) is 13.6. The summed E-state index contributed by atoms with van der Waals surface area (Å²) in [5, 5.41) is 20.1. The van der Waals surface area contributed by atoms with Crippen molar-refractivity contribution < 1.29 is 4.79 Å². The largest absolute Gasteiger partial charge is 0.328 e. The Hall–Kier alpha value is -3.13. The summed E-state index contributed by atoms with van der Waals surface area (Å²) >= 11 is 0. The van der Waals surface area contributed by atoms with Crippen LogP contribution in [0.15, 0.2) is 48.5 Å². The van der Waals surface area contributed by atoms with Crippen LogP contribution in [-0.4, -0.2) is 23.8 Å². The summed E-state index contributed by atoms with van der Waals surface area (Å²) < 4.78 is 0. The van der Waals surface area contributed by atoms with Crippen LogP contribution in [0.5, 0.6) is 0 Å². The molecule has 0 radical (unpaired) electrons. The predicted molar refractivity (Wildman–Crippen MR) is 92.6 cm³/mol. The van der Waals surface area contributed by atoms with Gasteiger partial charge >= 0.3 is 6.03 Å². The van der Waals surface area contributed by atoms with E-state index in [1.807, 2.05) is 49.4 Å². The molecule has 0 saturated carbocycles. The lowest BCUT2D eigenvalue weighted by Crippen LogP contribution is -2.57. The van der Waals surface area contributed by atoms with Gasteiger partial charge < -0.3 is 5.32 Å². The van der Waals surface area contributed by atoms with E-state index in [-0.39, 0.29) is 11.9 Å². The number of nitrogens with zero attached hydrogens (tertiary/aromatic N) is 2. The van der Waals surface area contributed by atoms with E-state index >= 15 is 0 Å². The highest BCUT2D eigenvalue weighted by molar-refractivity contribution is 5.99. The van der Waals surface area contributed by atoms with E-state index in [0.29, 0.717) is 12.0 Å². The van der Waals surface area contributed by atoms with Gasteiger partial charge in [-0.15, -0.1) is 0 Å². The number of nitriles is 1. The Kier molecular flexibility index (Phi) is 3.82. The molecule has 0 spiro atoms. The van der Waals surface area contributed by atoms with E-state index in [1.54, 1.807) is 13.1 Å². The summed E-state index contributed by atoms with van der Waals surface area (Å²) in [5.74, 6) is 0.290. The average Bonchev–Trinajstić information content (AvgIpc) is 2.60. The van der Waals surface area contributed by atoms with Gasteiger partial charge in [0, 0.05) is 13.5 Å². The van der Waals surface area contributed by atoms with E-state index in [2.05, 4.69) is 11.4 Å². The topological polar surface area (TPSA) is 80.0 Å². The average molecular weight is 318 g/mol. The molecule has 5 nitrogen and oxygen atoms in total. The van der Waals surface area contributed by atoms with Gasteiger partial charge in [0.1, 0.15) is 5.84 Å². The van der Waals surface area contributed by atoms with Crippen molar-refractivity contribution in [2.75, 3.05) is 7.05 Å². The van der Waals surface area contributed by atoms with Gasteiger partial charge in [-0.2, -0.15) is 5.26 Å². The molecular weight excluding hydrogens is 300 g/mol.